The van der Waals surface area contributed by atoms with Gasteiger partial charge in [-0.25, -0.2) is 13.4 Å². The Labute approximate surface area is 308 Å². The average Bonchev–Trinajstić information content (AvgIpc) is 3.67. The molecule has 0 aromatic heterocycles. The lowest BCUT2D eigenvalue weighted by Gasteiger charge is -2.43. The molecule has 3 atom stereocenters. The van der Waals surface area contributed by atoms with Gasteiger partial charge in [-0.05, 0) is 61.4 Å². The predicted molar refractivity (Wildman–Crippen MR) is 191 cm³/mol. The Kier molecular flexibility index (Phi) is 12.1. The van der Waals surface area contributed by atoms with E-state index in [1.165, 1.54) is 17.1 Å². The standard InChI is InChI=1S/C36H47N7O9S/c44-31(23-39-18-20-40(21-19-39)24-33(46)41-15-3-4-16-41)28(12-14-34(47)48)37-35(49)30-8-5-17-42-32(45)13-11-29(36(50)43(30)42)38-53(51,52)27-10-9-25-6-1-2-7-26(25)22-27/h1-2,6-7,9-10,22,28-30,38H,3-5,8,11-21,23-24H2,(H,37,49)(H,47,48)/t28-,29-,30-/m0/s1. The number of likely N-dealkylation sites (tertiary alicyclic amines) is 1. The smallest absolute Gasteiger partial charge is 0.303 e. The molecule has 0 spiro atoms. The number of rotatable bonds is 13. The van der Waals surface area contributed by atoms with Crippen LogP contribution in [0.2, 0.25) is 0 Å². The summed E-state index contributed by atoms with van der Waals surface area (Å²) >= 11 is 0. The summed E-state index contributed by atoms with van der Waals surface area (Å²) in [6.45, 7) is 4.16. The van der Waals surface area contributed by atoms with Crippen LogP contribution in [0.1, 0.15) is 51.4 Å². The first-order valence-corrected chi connectivity index (χ1v) is 19.8. The molecule has 0 aliphatic carbocycles. The Hall–Kier alpha value is -4.45. The van der Waals surface area contributed by atoms with Gasteiger partial charge in [-0.1, -0.05) is 30.3 Å². The molecule has 2 aromatic carbocycles. The maximum atomic E-state index is 14.1. The van der Waals surface area contributed by atoms with E-state index in [4.69, 9.17) is 0 Å². The van der Waals surface area contributed by atoms with Crippen molar-refractivity contribution in [2.24, 2.45) is 0 Å². The van der Waals surface area contributed by atoms with Crippen molar-refractivity contribution in [2.75, 3.05) is 58.9 Å². The van der Waals surface area contributed by atoms with Crippen molar-refractivity contribution in [3.63, 3.8) is 0 Å². The third-order valence-electron chi connectivity index (χ3n) is 10.5. The highest BCUT2D eigenvalue weighted by Crippen LogP contribution is 2.27. The number of carbonyl (C=O) groups is 6. The van der Waals surface area contributed by atoms with Crippen LogP contribution in [-0.2, 0) is 38.8 Å². The molecule has 4 saturated heterocycles. The van der Waals surface area contributed by atoms with Crippen LogP contribution in [-0.4, -0.2) is 151 Å². The maximum absolute atomic E-state index is 14.1. The fourth-order valence-corrected chi connectivity index (χ4v) is 8.77. The van der Waals surface area contributed by atoms with E-state index in [1.54, 1.807) is 18.2 Å². The van der Waals surface area contributed by atoms with E-state index >= 15 is 0 Å². The number of piperazine rings is 1. The quantitative estimate of drug-likeness (QED) is 0.252. The van der Waals surface area contributed by atoms with Gasteiger partial charge >= 0.3 is 5.97 Å². The third-order valence-corrected chi connectivity index (χ3v) is 12.0. The number of carboxylic acid groups (broad SMARTS) is 1. The van der Waals surface area contributed by atoms with Gasteiger partial charge in [-0.2, -0.15) is 4.72 Å². The zero-order valence-electron chi connectivity index (χ0n) is 29.7. The fourth-order valence-electron chi connectivity index (χ4n) is 7.51. The second-order valence-corrected chi connectivity index (χ2v) is 15.9. The molecule has 0 unspecified atom stereocenters. The van der Waals surface area contributed by atoms with Crippen LogP contribution in [0.5, 0.6) is 0 Å². The van der Waals surface area contributed by atoms with Gasteiger partial charge in [0.2, 0.25) is 27.7 Å². The number of hydrogen-bond acceptors (Lipinski definition) is 10. The number of carboxylic acids is 1. The molecule has 4 fully saturated rings. The molecule has 4 aliphatic heterocycles. The molecule has 0 saturated carbocycles. The number of ketones is 1. The largest absolute Gasteiger partial charge is 0.481 e. The zero-order valence-corrected chi connectivity index (χ0v) is 30.5. The lowest BCUT2D eigenvalue weighted by atomic mass is 10.0. The van der Waals surface area contributed by atoms with Crippen LogP contribution in [0.4, 0.5) is 0 Å². The molecule has 4 amide bonds. The number of nitrogens with one attached hydrogen (secondary N) is 2. The van der Waals surface area contributed by atoms with Crippen molar-refractivity contribution in [1.29, 1.82) is 0 Å². The van der Waals surface area contributed by atoms with Gasteiger partial charge < -0.3 is 15.3 Å². The van der Waals surface area contributed by atoms with Crippen LogP contribution >= 0.6 is 0 Å². The second kappa shape index (κ2) is 16.7. The first-order valence-electron chi connectivity index (χ1n) is 18.3. The summed E-state index contributed by atoms with van der Waals surface area (Å²) in [5.74, 6) is -3.39. The number of Topliss-reactive ketones (excluding diaryl/α,β-unsaturated/α-hetero) is 1. The van der Waals surface area contributed by atoms with Crippen LogP contribution in [0.25, 0.3) is 10.8 Å². The minimum absolute atomic E-state index is 0.0466. The number of amides is 4. The monoisotopic (exact) mass is 753 g/mol. The summed E-state index contributed by atoms with van der Waals surface area (Å²) in [4.78, 5) is 84.7. The Morgan fingerprint density at radius 1 is 0.830 bits per heavy atom. The molecule has 4 aliphatic rings. The number of hydrazine groups is 1. The maximum Gasteiger partial charge on any atom is 0.303 e. The highest BCUT2D eigenvalue weighted by molar-refractivity contribution is 7.89. The van der Waals surface area contributed by atoms with Crippen LogP contribution < -0.4 is 10.0 Å². The summed E-state index contributed by atoms with van der Waals surface area (Å²) in [5.41, 5.74) is 0. The number of hydrogen-bond donors (Lipinski definition) is 3. The molecule has 4 heterocycles. The Balaban J connectivity index is 1.12. The second-order valence-electron chi connectivity index (χ2n) is 14.2. The molecule has 0 radical (unpaired) electrons. The molecule has 3 N–H and O–H groups in total. The van der Waals surface area contributed by atoms with Gasteiger partial charge in [0.15, 0.2) is 5.78 Å². The first-order chi connectivity index (χ1) is 25.4. The molecule has 16 nitrogen and oxygen atoms in total. The number of nitrogens with zero attached hydrogens (tertiary/aromatic N) is 5. The molecule has 53 heavy (non-hydrogen) atoms. The number of carbonyl (C=O) groups excluding carboxylic acids is 5. The number of sulfonamides is 1. The SMILES string of the molecule is O=C(O)CC[C@H](NC(=O)[C@@H]1CCCN2C(=O)CC[C@H](NS(=O)(=O)c3ccc4ccccc4c3)C(=O)N12)C(=O)CN1CCN(CC(=O)N2CCCC2)CC1. The number of fused-ring (bicyclic) bond motifs is 2. The van der Waals surface area contributed by atoms with Crippen molar-refractivity contribution in [1.82, 2.24) is 34.8 Å². The van der Waals surface area contributed by atoms with Crippen LogP contribution in [0.15, 0.2) is 47.4 Å². The van der Waals surface area contributed by atoms with Crippen molar-refractivity contribution >= 4 is 56.2 Å². The first kappa shape index (κ1) is 38.3. The van der Waals surface area contributed by atoms with Crippen LogP contribution in [0, 0.1) is 0 Å². The average molecular weight is 754 g/mol. The van der Waals surface area contributed by atoms with E-state index in [9.17, 15) is 42.3 Å². The van der Waals surface area contributed by atoms with E-state index in [0.29, 0.717) is 44.5 Å². The van der Waals surface area contributed by atoms with Gasteiger partial charge in [-0.3, -0.25) is 43.6 Å². The third kappa shape index (κ3) is 9.20. The van der Waals surface area contributed by atoms with Crippen LogP contribution in [0.3, 0.4) is 0 Å². The number of aliphatic carboxylic acids is 1. The Morgan fingerprint density at radius 2 is 1.51 bits per heavy atom. The highest BCUT2D eigenvalue weighted by Gasteiger charge is 2.46. The topological polar surface area (TPSA) is 197 Å². The van der Waals surface area contributed by atoms with Crippen molar-refractivity contribution in [3.8, 4) is 0 Å². The summed E-state index contributed by atoms with van der Waals surface area (Å²) in [7, 11) is -4.22. The summed E-state index contributed by atoms with van der Waals surface area (Å²) in [5, 5.41) is 15.8. The predicted octanol–water partition coefficient (Wildman–Crippen LogP) is 0.174. The molecular weight excluding hydrogens is 707 g/mol. The van der Waals surface area contributed by atoms with E-state index in [2.05, 4.69) is 14.9 Å². The lowest BCUT2D eigenvalue weighted by molar-refractivity contribution is -0.176. The summed E-state index contributed by atoms with van der Waals surface area (Å²) in [6, 6.07) is 8.07. The molecule has 286 valence electrons. The van der Waals surface area contributed by atoms with Crippen molar-refractivity contribution < 1.29 is 42.3 Å². The Morgan fingerprint density at radius 3 is 2.21 bits per heavy atom. The highest BCUT2D eigenvalue weighted by atomic mass is 32.2. The Bertz CT molecular complexity index is 1840. The zero-order chi connectivity index (χ0) is 37.7. The molecular formula is C36H47N7O9S. The van der Waals surface area contributed by atoms with Crippen molar-refractivity contribution in [3.05, 3.63) is 42.5 Å². The lowest BCUT2D eigenvalue weighted by Crippen LogP contribution is -2.64. The molecule has 2 aromatic rings. The van der Waals surface area contributed by atoms with Gasteiger partial charge in [0.25, 0.3) is 5.91 Å². The van der Waals surface area contributed by atoms with E-state index in [0.717, 1.165) is 36.3 Å². The van der Waals surface area contributed by atoms with E-state index in [-0.39, 0.29) is 56.0 Å². The van der Waals surface area contributed by atoms with Gasteiger partial charge in [-0.15, -0.1) is 0 Å². The fraction of sp³-hybridized carbons (Fsp3) is 0.556. The summed E-state index contributed by atoms with van der Waals surface area (Å²) < 4.78 is 29.5. The normalized spacial score (nSPS) is 22.4. The molecule has 6 rings (SSSR count). The van der Waals surface area contributed by atoms with Gasteiger partial charge in [0.1, 0.15) is 12.1 Å². The minimum Gasteiger partial charge on any atom is -0.481 e. The molecule has 0 bridgehead atoms. The summed E-state index contributed by atoms with van der Waals surface area (Å²) in [6.07, 6.45) is 1.72. The van der Waals surface area contributed by atoms with Gasteiger partial charge in [0, 0.05) is 58.7 Å². The van der Waals surface area contributed by atoms with E-state index in [1.807, 2.05) is 21.9 Å². The van der Waals surface area contributed by atoms with Crippen molar-refractivity contribution in [2.45, 2.75) is 74.4 Å². The molecule has 17 heteroatoms. The van der Waals surface area contributed by atoms with E-state index < -0.39 is 57.6 Å². The minimum atomic E-state index is -4.22. The number of benzene rings is 2. The van der Waals surface area contributed by atoms with Gasteiger partial charge in [0.05, 0.1) is 24.0 Å².